The summed E-state index contributed by atoms with van der Waals surface area (Å²) in [5, 5.41) is 7.70. The van der Waals surface area contributed by atoms with E-state index in [1.807, 2.05) is 18.2 Å². The maximum absolute atomic E-state index is 6.33. The van der Waals surface area contributed by atoms with Crippen LogP contribution in [0.5, 0.6) is 0 Å². The number of pyridine rings is 1. The van der Waals surface area contributed by atoms with Crippen LogP contribution < -0.4 is 15.5 Å². The van der Waals surface area contributed by atoms with E-state index in [-0.39, 0.29) is 30.0 Å². The maximum atomic E-state index is 6.33. The van der Waals surface area contributed by atoms with Gasteiger partial charge in [0.25, 0.3) is 0 Å². The molecule has 7 nitrogen and oxygen atoms in total. The van der Waals surface area contributed by atoms with Gasteiger partial charge in [-0.3, -0.25) is 9.89 Å². The Morgan fingerprint density at radius 1 is 1.29 bits per heavy atom. The second kappa shape index (κ2) is 11.9. The van der Waals surface area contributed by atoms with Crippen molar-refractivity contribution in [3.8, 4) is 0 Å². The van der Waals surface area contributed by atoms with Crippen molar-refractivity contribution in [1.29, 1.82) is 0 Å². The zero-order valence-corrected chi connectivity index (χ0v) is 21.1. The Balaban J connectivity index is 0.00000272. The number of hydrogen-bond donors (Lipinski definition) is 2. The molecule has 2 aliphatic rings. The highest BCUT2D eigenvalue weighted by atomic mass is 127. The molecule has 0 bridgehead atoms. The first-order valence-electron chi connectivity index (χ1n) is 10.9. The third-order valence-electron chi connectivity index (χ3n) is 5.79. The molecule has 2 aromatic rings. The van der Waals surface area contributed by atoms with Crippen molar-refractivity contribution < 1.29 is 4.42 Å². The van der Waals surface area contributed by atoms with E-state index >= 15 is 0 Å². The van der Waals surface area contributed by atoms with E-state index in [4.69, 9.17) is 21.0 Å². The molecule has 2 unspecified atom stereocenters. The van der Waals surface area contributed by atoms with Gasteiger partial charge in [0.05, 0.1) is 23.9 Å². The van der Waals surface area contributed by atoms with Crippen molar-refractivity contribution in [3.63, 3.8) is 0 Å². The van der Waals surface area contributed by atoms with E-state index in [9.17, 15) is 0 Å². The molecular weight excluding hydrogens is 527 g/mol. The van der Waals surface area contributed by atoms with Gasteiger partial charge in [-0.25, -0.2) is 4.98 Å². The van der Waals surface area contributed by atoms with Crippen molar-refractivity contribution in [3.05, 3.63) is 47.5 Å². The van der Waals surface area contributed by atoms with Gasteiger partial charge >= 0.3 is 0 Å². The number of halogens is 2. The number of nitrogens with one attached hydrogen (secondary N) is 2. The van der Waals surface area contributed by atoms with Crippen LogP contribution in [0.1, 0.15) is 38.0 Å². The smallest absolute Gasteiger partial charge is 0.191 e. The normalized spacial score (nSPS) is 20.5. The Hall–Kier alpha value is -1.52. The molecule has 0 aliphatic carbocycles. The molecule has 4 rings (SSSR count). The van der Waals surface area contributed by atoms with Gasteiger partial charge in [-0.1, -0.05) is 11.6 Å². The van der Waals surface area contributed by atoms with Gasteiger partial charge in [0.1, 0.15) is 11.6 Å². The monoisotopic (exact) mass is 558 g/mol. The zero-order valence-electron chi connectivity index (χ0n) is 18.0. The van der Waals surface area contributed by atoms with E-state index in [0.29, 0.717) is 17.6 Å². The highest BCUT2D eigenvalue weighted by Gasteiger charge is 2.27. The molecule has 2 fully saturated rings. The number of rotatable bonds is 7. The first-order chi connectivity index (χ1) is 14.7. The lowest BCUT2D eigenvalue weighted by atomic mass is 10.2. The molecule has 0 saturated carbocycles. The van der Waals surface area contributed by atoms with Crippen LogP contribution in [-0.2, 0) is 0 Å². The summed E-state index contributed by atoms with van der Waals surface area (Å²) in [7, 11) is 0. The average molecular weight is 559 g/mol. The fraction of sp³-hybridized carbons (Fsp3) is 0.545. The van der Waals surface area contributed by atoms with E-state index in [2.05, 4.69) is 38.4 Å². The summed E-state index contributed by atoms with van der Waals surface area (Å²) in [6.07, 6.45) is 7.05. The third-order valence-corrected chi connectivity index (χ3v) is 6.08. The Bertz CT molecular complexity index is 827. The molecule has 2 atom stereocenters. The molecule has 2 aromatic heterocycles. The van der Waals surface area contributed by atoms with Crippen molar-refractivity contribution in [1.82, 2.24) is 20.5 Å². The van der Waals surface area contributed by atoms with Gasteiger partial charge in [0.15, 0.2) is 5.96 Å². The molecule has 0 amide bonds. The fourth-order valence-electron chi connectivity index (χ4n) is 4.29. The summed E-state index contributed by atoms with van der Waals surface area (Å²) >= 11 is 6.33. The molecule has 4 heterocycles. The van der Waals surface area contributed by atoms with Crippen molar-refractivity contribution >= 4 is 47.4 Å². The Morgan fingerprint density at radius 2 is 2.13 bits per heavy atom. The minimum atomic E-state index is 0. The van der Waals surface area contributed by atoms with Crippen molar-refractivity contribution in [2.75, 3.05) is 44.2 Å². The average Bonchev–Trinajstić information content (AvgIpc) is 3.52. The van der Waals surface area contributed by atoms with Crippen molar-refractivity contribution in [2.45, 2.75) is 38.3 Å². The van der Waals surface area contributed by atoms with Crippen LogP contribution in [0.15, 0.2) is 46.1 Å². The lowest BCUT2D eigenvalue weighted by Gasteiger charge is -2.25. The molecule has 170 valence electrons. The summed E-state index contributed by atoms with van der Waals surface area (Å²) in [4.78, 5) is 14.1. The second-order valence-corrected chi connectivity index (χ2v) is 8.29. The van der Waals surface area contributed by atoms with Crippen LogP contribution in [0.2, 0.25) is 5.02 Å². The molecule has 2 aliphatic heterocycles. The van der Waals surface area contributed by atoms with Crippen molar-refractivity contribution in [2.24, 2.45) is 4.99 Å². The molecule has 9 heteroatoms. The summed E-state index contributed by atoms with van der Waals surface area (Å²) in [6, 6.07) is 8.26. The van der Waals surface area contributed by atoms with E-state index < -0.39 is 0 Å². The molecule has 2 saturated heterocycles. The number of hydrogen-bond acceptors (Lipinski definition) is 5. The van der Waals surface area contributed by atoms with Crippen LogP contribution in [0.25, 0.3) is 0 Å². The predicted octanol–water partition coefficient (Wildman–Crippen LogP) is 3.92. The lowest BCUT2D eigenvalue weighted by molar-refractivity contribution is 0.221. The maximum Gasteiger partial charge on any atom is 0.191 e. The second-order valence-electron chi connectivity index (χ2n) is 7.88. The quantitative estimate of drug-likeness (QED) is 0.305. The van der Waals surface area contributed by atoms with Gasteiger partial charge < -0.3 is 20.0 Å². The Kier molecular flexibility index (Phi) is 9.28. The Labute approximate surface area is 206 Å². The van der Waals surface area contributed by atoms with Crippen LogP contribution >= 0.6 is 35.6 Å². The number of guanidine groups is 1. The largest absolute Gasteiger partial charge is 0.468 e. The minimum absolute atomic E-state index is 0. The zero-order chi connectivity index (χ0) is 20.8. The van der Waals surface area contributed by atoms with Gasteiger partial charge in [0.2, 0.25) is 0 Å². The first-order valence-corrected chi connectivity index (χ1v) is 11.3. The van der Waals surface area contributed by atoms with Crippen LogP contribution in [-0.4, -0.2) is 61.2 Å². The van der Waals surface area contributed by atoms with Gasteiger partial charge in [-0.2, -0.15) is 0 Å². The molecular formula is C22H32ClIN6O. The number of likely N-dealkylation sites (tertiary alicyclic amines) is 1. The van der Waals surface area contributed by atoms with Gasteiger partial charge in [-0.05, 0) is 63.5 Å². The SMILES string of the molecule is CCNC(=NCC(c1ccco1)N1CCCC1)NC1CCN(c2ncccc2Cl)C1.I. The summed E-state index contributed by atoms with van der Waals surface area (Å²) < 4.78 is 5.73. The summed E-state index contributed by atoms with van der Waals surface area (Å²) in [6.45, 7) is 7.58. The third kappa shape index (κ3) is 6.26. The standard InChI is InChI=1S/C22H31ClN6O.HI/c1-2-24-22(26-15-19(20-8-6-14-30-20)28-11-3-4-12-28)27-17-9-13-29(16-17)21-18(23)7-5-10-25-21;/h5-8,10,14,17,19H,2-4,9,11-13,15-16H2,1H3,(H2,24,26,27);1H. The fourth-order valence-corrected chi connectivity index (χ4v) is 4.53. The van der Waals surface area contributed by atoms with E-state index in [0.717, 1.165) is 56.7 Å². The number of aromatic nitrogens is 1. The number of anilines is 1. The highest BCUT2D eigenvalue weighted by Crippen LogP contribution is 2.27. The molecule has 0 spiro atoms. The number of furan rings is 1. The number of nitrogens with zero attached hydrogens (tertiary/aromatic N) is 4. The predicted molar refractivity (Wildman–Crippen MR) is 137 cm³/mol. The molecule has 31 heavy (non-hydrogen) atoms. The van der Waals surface area contributed by atoms with Crippen LogP contribution in [0.3, 0.4) is 0 Å². The Morgan fingerprint density at radius 3 is 2.84 bits per heavy atom. The van der Waals surface area contributed by atoms with Gasteiger partial charge in [0, 0.05) is 31.9 Å². The van der Waals surface area contributed by atoms with Crippen LogP contribution in [0.4, 0.5) is 5.82 Å². The summed E-state index contributed by atoms with van der Waals surface area (Å²) in [5.74, 6) is 2.71. The van der Waals surface area contributed by atoms with E-state index in [1.54, 1.807) is 12.5 Å². The minimum Gasteiger partial charge on any atom is -0.468 e. The van der Waals surface area contributed by atoms with Crippen LogP contribution in [0, 0.1) is 0 Å². The lowest BCUT2D eigenvalue weighted by Crippen LogP contribution is -2.45. The molecule has 2 N–H and O–H groups in total. The molecule has 0 radical (unpaired) electrons. The highest BCUT2D eigenvalue weighted by molar-refractivity contribution is 14.0. The van der Waals surface area contributed by atoms with E-state index in [1.165, 1.54) is 12.8 Å². The summed E-state index contributed by atoms with van der Waals surface area (Å²) in [5.41, 5.74) is 0. The first kappa shape index (κ1) is 24.1. The molecule has 0 aromatic carbocycles. The number of aliphatic imine (C=N–C) groups is 1. The van der Waals surface area contributed by atoms with Gasteiger partial charge in [-0.15, -0.1) is 24.0 Å². The topological polar surface area (TPSA) is 68.9 Å².